The van der Waals surface area contributed by atoms with Crippen molar-refractivity contribution in [3.05, 3.63) is 37.1 Å². The molecule has 1 saturated heterocycles. The Bertz CT molecular complexity index is 1120. The molecule has 1 atom stereocenters. The van der Waals surface area contributed by atoms with E-state index in [0.29, 0.717) is 23.5 Å². The number of aromatic nitrogens is 6. The number of imidazole rings is 1. The van der Waals surface area contributed by atoms with Crippen molar-refractivity contribution in [2.75, 3.05) is 25.6 Å². The quantitative estimate of drug-likeness (QED) is 0.577. The molecule has 1 unspecified atom stereocenters. The summed E-state index contributed by atoms with van der Waals surface area (Å²) < 4.78 is 14.5. The van der Waals surface area contributed by atoms with Crippen molar-refractivity contribution in [2.45, 2.75) is 13.0 Å². The molecule has 1 aliphatic rings. The van der Waals surface area contributed by atoms with Gasteiger partial charge in [0.15, 0.2) is 0 Å². The van der Waals surface area contributed by atoms with Gasteiger partial charge in [-0.3, -0.25) is 4.40 Å². The summed E-state index contributed by atoms with van der Waals surface area (Å²) in [6, 6.07) is 2.21. The van der Waals surface area contributed by atoms with Crippen LogP contribution in [-0.2, 0) is 4.74 Å². The predicted octanol–water partition coefficient (Wildman–Crippen LogP) is 1.89. The van der Waals surface area contributed by atoms with Gasteiger partial charge in [-0.25, -0.2) is 14.5 Å². The molecule has 0 radical (unpaired) electrons. The number of anilines is 1. The highest BCUT2D eigenvalue weighted by Gasteiger charge is 2.26. The van der Waals surface area contributed by atoms with Crippen LogP contribution < -0.4 is 10.1 Å². The minimum Gasteiger partial charge on any atom is -0.479 e. The number of hydrogen-bond acceptors (Lipinski definition) is 7. The van der Waals surface area contributed by atoms with E-state index in [9.17, 15) is 0 Å². The first kappa shape index (κ1) is 16.0. The van der Waals surface area contributed by atoms with E-state index in [2.05, 4.69) is 32.3 Å². The molecule has 9 heteroatoms. The molecule has 0 aromatic carbocycles. The van der Waals surface area contributed by atoms with Crippen LogP contribution in [-0.4, -0.2) is 55.3 Å². The standard InChI is InChI=1S/C18H19N7O2/c1-11(13-9-27-10-13)21-17-22-16(26-2)15-14(3-5-25(15)23-17)12-7-20-18-19-4-6-24(18)8-12/h3-8,11,13H,9-10H2,1-2H3,(H,21,23). The Kier molecular flexibility index (Phi) is 3.68. The number of methoxy groups -OCH3 is 1. The monoisotopic (exact) mass is 365 g/mol. The van der Waals surface area contributed by atoms with Crippen molar-refractivity contribution < 1.29 is 9.47 Å². The molecule has 0 aliphatic carbocycles. The van der Waals surface area contributed by atoms with Gasteiger partial charge in [0.25, 0.3) is 0 Å². The zero-order chi connectivity index (χ0) is 18.4. The van der Waals surface area contributed by atoms with Gasteiger partial charge in [0.05, 0.1) is 20.3 Å². The molecule has 1 N–H and O–H groups in total. The van der Waals surface area contributed by atoms with Crippen LogP contribution in [0.5, 0.6) is 5.88 Å². The molecule has 27 heavy (non-hydrogen) atoms. The summed E-state index contributed by atoms with van der Waals surface area (Å²) in [6.07, 6.45) is 9.26. The Hall–Kier alpha value is -3.20. The largest absolute Gasteiger partial charge is 0.479 e. The third kappa shape index (κ3) is 2.67. The molecular formula is C18H19N7O2. The van der Waals surface area contributed by atoms with Crippen LogP contribution in [0.1, 0.15) is 6.92 Å². The van der Waals surface area contributed by atoms with Crippen LogP contribution in [0, 0.1) is 5.92 Å². The van der Waals surface area contributed by atoms with Crippen LogP contribution >= 0.6 is 0 Å². The SMILES string of the molecule is COc1nc(NC(C)C2COC2)nn2ccc(-c3cnc4nccn4c3)c12. The Morgan fingerprint density at radius 2 is 2.19 bits per heavy atom. The Balaban J connectivity index is 1.56. The Labute approximate surface area is 155 Å². The molecular weight excluding hydrogens is 346 g/mol. The third-order valence-corrected chi connectivity index (χ3v) is 4.96. The summed E-state index contributed by atoms with van der Waals surface area (Å²) in [5.41, 5.74) is 2.68. The van der Waals surface area contributed by atoms with E-state index < -0.39 is 0 Å². The van der Waals surface area contributed by atoms with Gasteiger partial charge in [-0.1, -0.05) is 0 Å². The highest BCUT2D eigenvalue weighted by atomic mass is 16.5. The zero-order valence-corrected chi connectivity index (χ0v) is 15.0. The molecule has 5 rings (SSSR count). The summed E-state index contributed by atoms with van der Waals surface area (Å²) in [5, 5.41) is 7.95. The first-order valence-corrected chi connectivity index (χ1v) is 8.79. The predicted molar refractivity (Wildman–Crippen MR) is 98.9 cm³/mol. The molecule has 0 bridgehead atoms. The molecule has 5 heterocycles. The normalized spacial score (nSPS) is 15.8. The number of nitrogens with one attached hydrogen (secondary N) is 1. The van der Waals surface area contributed by atoms with Gasteiger partial charge >= 0.3 is 0 Å². The fraction of sp³-hybridized carbons (Fsp3) is 0.333. The lowest BCUT2D eigenvalue weighted by Gasteiger charge is -2.31. The molecule has 9 nitrogen and oxygen atoms in total. The summed E-state index contributed by atoms with van der Waals surface area (Å²) in [4.78, 5) is 13.1. The smallest absolute Gasteiger partial charge is 0.244 e. The highest BCUT2D eigenvalue weighted by molar-refractivity contribution is 5.84. The molecule has 4 aromatic heterocycles. The second-order valence-electron chi connectivity index (χ2n) is 6.67. The minimum absolute atomic E-state index is 0.226. The number of fused-ring (bicyclic) bond motifs is 2. The maximum Gasteiger partial charge on any atom is 0.244 e. The first-order valence-electron chi connectivity index (χ1n) is 8.79. The van der Waals surface area contributed by atoms with Gasteiger partial charge in [0.2, 0.25) is 17.6 Å². The summed E-state index contributed by atoms with van der Waals surface area (Å²) >= 11 is 0. The maximum absolute atomic E-state index is 5.57. The van der Waals surface area contributed by atoms with Crippen LogP contribution in [0.4, 0.5) is 5.95 Å². The van der Waals surface area contributed by atoms with E-state index in [1.54, 1.807) is 24.0 Å². The highest BCUT2D eigenvalue weighted by Crippen LogP contribution is 2.31. The number of rotatable bonds is 5. The second kappa shape index (κ2) is 6.20. The van der Waals surface area contributed by atoms with Gasteiger partial charge in [-0.05, 0) is 13.0 Å². The molecule has 0 saturated carbocycles. The van der Waals surface area contributed by atoms with Gasteiger partial charge in [0, 0.05) is 54.1 Å². The van der Waals surface area contributed by atoms with E-state index in [1.165, 1.54) is 0 Å². The van der Waals surface area contributed by atoms with Crippen LogP contribution in [0.3, 0.4) is 0 Å². The molecule has 1 fully saturated rings. The van der Waals surface area contributed by atoms with Gasteiger partial charge in [-0.15, -0.1) is 5.10 Å². The Morgan fingerprint density at radius 3 is 2.96 bits per heavy atom. The third-order valence-electron chi connectivity index (χ3n) is 4.96. The van der Waals surface area contributed by atoms with Crippen molar-refractivity contribution >= 4 is 17.2 Å². The van der Waals surface area contributed by atoms with E-state index in [-0.39, 0.29) is 6.04 Å². The molecule has 1 aliphatic heterocycles. The average Bonchev–Trinajstić information content (AvgIpc) is 3.25. The maximum atomic E-state index is 5.57. The average molecular weight is 365 g/mol. The van der Waals surface area contributed by atoms with E-state index in [1.807, 2.05) is 29.1 Å². The van der Waals surface area contributed by atoms with Gasteiger partial charge in [0.1, 0.15) is 5.52 Å². The van der Waals surface area contributed by atoms with Crippen molar-refractivity contribution in [3.8, 4) is 17.0 Å². The summed E-state index contributed by atoms with van der Waals surface area (Å²) in [7, 11) is 1.61. The van der Waals surface area contributed by atoms with Gasteiger partial charge < -0.3 is 14.8 Å². The first-order chi connectivity index (χ1) is 13.2. The van der Waals surface area contributed by atoms with Crippen molar-refractivity contribution in [1.29, 1.82) is 0 Å². The lowest BCUT2D eigenvalue weighted by atomic mass is 10.0. The van der Waals surface area contributed by atoms with Crippen molar-refractivity contribution in [3.63, 3.8) is 0 Å². The molecule has 0 spiro atoms. The van der Waals surface area contributed by atoms with Gasteiger partial charge in [-0.2, -0.15) is 4.98 Å². The molecule has 138 valence electrons. The van der Waals surface area contributed by atoms with Crippen LogP contribution in [0.25, 0.3) is 22.4 Å². The van der Waals surface area contributed by atoms with E-state index >= 15 is 0 Å². The topological polar surface area (TPSA) is 90.9 Å². The van der Waals surface area contributed by atoms with E-state index in [4.69, 9.17) is 9.47 Å². The lowest BCUT2D eigenvalue weighted by molar-refractivity contribution is -0.0380. The fourth-order valence-electron chi connectivity index (χ4n) is 3.25. The van der Waals surface area contributed by atoms with E-state index in [0.717, 1.165) is 29.9 Å². The van der Waals surface area contributed by atoms with Crippen LogP contribution in [0.15, 0.2) is 37.1 Å². The summed E-state index contributed by atoms with van der Waals surface area (Å²) in [5.74, 6) is 2.17. The molecule has 0 amide bonds. The number of ether oxygens (including phenoxy) is 2. The fourth-order valence-corrected chi connectivity index (χ4v) is 3.25. The van der Waals surface area contributed by atoms with Crippen LogP contribution in [0.2, 0.25) is 0 Å². The minimum atomic E-state index is 0.226. The number of nitrogens with zero attached hydrogens (tertiary/aromatic N) is 6. The molecule has 4 aromatic rings. The van der Waals surface area contributed by atoms with Crippen molar-refractivity contribution in [2.24, 2.45) is 5.92 Å². The van der Waals surface area contributed by atoms with Crippen molar-refractivity contribution in [1.82, 2.24) is 29.0 Å². The lowest BCUT2D eigenvalue weighted by Crippen LogP contribution is -2.40. The second-order valence-corrected chi connectivity index (χ2v) is 6.67. The Morgan fingerprint density at radius 1 is 1.30 bits per heavy atom. The number of hydrogen-bond donors (Lipinski definition) is 1. The summed E-state index contributed by atoms with van der Waals surface area (Å²) in [6.45, 7) is 3.65. The zero-order valence-electron chi connectivity index (χ0n) is 15.0.